The lowest BCUT2D eigenvalue weighted by Crippen LogP contribution is -2.20. The number of alkyl halides is 3. The molecule has 0 atom stereocenters. The first kappa shape index (κ1) is 30.4. The molecule has 224 valence electrons. The summed E-state index contributed by atoms with van der Waals surface area (Å²) in [5, 5.41) is 15.7. The molecule has 0 aliphatic carbocycles. The summed E-state index contributed by atoms with van der Waals surface area (Å²) in [5.74, 6) is 0.607. The zero-order valence-corrected chi connectivity index (χ0v) is 24.5. The highest BCUT2D eigenvalue weighted by atomic mass is 79.9. The molecule has 0 N–H and O–H groups in total. The van der Waals surface area contributed by atoms with Gasteiger partial charge in [-0.05, 0) is 64.8 Å². The molecule has 0 spiro atoms. The molecule has 0 fully saturated rings. The maximum absolute atomic E-state index is 13.5. The largest absolute Gasteiger partial charge is 0.490 e. The minimum absolute atomic E-state index is 0.0279. The molecule has 1 heterocycles. The monoisotopic (exact) mass is 666 g/mol. The minimum atomic E-state index is -4.60. The third-order valence-electron chi connectivity index (χ3n) is 6.39. The Morgan fingerprint density at radius 2 is 1.75 bits per heavy atom. The first-order valence-corrected chi connectivity index (χ1v) is 13.9. The van der Waals surface area contributed by atoms with Crippen LogP contribution in [0, 0.1) is 10.1 Å². The third kappa shape index (κ3) is 6.62. The normalized spacial score (nSPS) is 11.7. The molecule has 9 nitrogen and oxygen atoms in total. The van der Waals surface area contributed by atoms with Gasteiger partial charge in [0.1, 0.15) is 6.61 Å². The van der Waals surface area contributed by atoms with Crippen molar-refractivity contribution < 1.29 is 27.6 Å². The van der Waals surface area contributed by atoms with Crippen molar-refractivity contribution in [3.05, 3.63) is 127 Å². The van der Waals surface area contributed by atoms with Crippen LogP contribution in [0.15, 0.2) is 99.3 Å². The highest BCUT2D eigenvalue weighted by Gasteiger charge is 2.31. The molecule has 0 aliphatic heterocycles. The first-order chi connectivity index (χ1) is 21.0. The van der Waals surface area contributed by atoms with E-state index in [1.54, 1.807) is 55.5 Å². The molecule has 0 bridgehead atoms. The zero-order valence-electron chi connectivity index (χ0n) is 22.9. The van der Waals surface area contributed by atoms with Crippen molar-refractivity contribution in [3.63, 3.8) is 0 Å². The number of aromatic nitrogens is 2. The van der Waals surface area contributed by atoms with Crippen molar-refractivity contribution in [3.8, 4) is 22.9 Å². The van der Waals surface area contributed by atoms with Crippen LogP contribution in [0.4, 0.5) is 18.9 Å². The van der Waals surface area contributed by atoms with Gasteiger partial charge in [0.25, 0.3) is 11.2 Å². The number of nitro groups is 1. The van der Waals surface area contributed by atoms with Crippen molar-refractivity contribution in [1.29, 1.82) is 0 Å². The molecule has 0 amide bonds. The van der Waals surface area contributed by atoms with E-state index in [1.807, 2.05) is 0 Å². The highest BCUT2D eigenvalue weighted by molar-refractivity contribution is 9.10. The Morgan fingerprint density at radius 1 is 1.00 bits per heavy atom. The van der Waals surface area contributed by atoms with Crippen LogP contribution in [0.5, 0.6) is 11.5 Å². The van der Waals surface area contributed by atoms with Gasteiger partial charge in [0, 0.05) is 27.7 Å². The molecule has 13 heteroatoms. The van der Waals surface area contributed by atoms with Crippen molar-refractivity contribution in [2.75, 3.05) is 6.61 Å². The minimum Gasteiger partial charge on any atom is -0.490 e. The summed E-state index contributed by atoms with van der Waals surface area (Å²) < 4.78 is 53.6. The van der Waals surface area contributed by atoms with Gasteiger partial charge in [0.15, 0.2) is 17.3 Å². The van der Waals surface area contributed by atoms with E-state index in [4.69, 9.17) is 9.47 Å². The molecule has 0 saturated carbocycles. The van der Waals surface area contributed by atoms with Crippen LogP contribution in [0.2, 0.25) is 0 Å². The topological polar surface area (TPSA) is 109 Å². The number of hydrogen-bond donors (Lipinski definition) is 0. The lowest BCUT2D eigenvalue weighted by molar-refractivity contribution is -0.384. The van der Waals surface area contributed by atoms with Gasteiger partial charge in [-0.2, -0.15) is 22.9 Å². The van der Waals surface area contributed by atoms with E-state index >= 15 is 0 Å². The Morgan fingerprint density at radius 3 is 2.50 bits per heavy atom. The van der Waals surface area contributed by atoms with Gasteiger partial charge in [0.2, 0.25) is 0 Å². The smallest absolute Gasteiger partial charge is 0.416 e. The Bertz CT molecular complexity index is 1960. The van der Waals surface area contributed by atoms with Crippen LogP contribution < -0.4 is 15.0 Å². The third-order valence-corrected chi connectivity index (χ3v) is 7.08. The van der Waals surface area contributed by atoms with Gasteiger partial charge >= 0.3 is 6.18 Å². The van der Waals surface area contributed by atoms with Crippen molar-refractivity contribution >= 4 is 38.7 Å². The number of para-hydroxylation sites is 1. The van der Waals surface area contributed by atoms with Gasteiger partial charge in [-0.15, -0.1) is 0 Å². The van der Waals surface area contributed by atoms with E-state index in [1.165, 1.54) is 30.5 Å². The predicted molar refractivity (Wildman–Crippen MR) is 162 cm³/mol. The number of non-ortho nitro benzene ring substituents is 1. The summed E-state index contributed by atoms with van der Waals surface area (Å²) in [7, 11) is 0. The van der Waals surface area contributed by atoms with E-state index in [0.717, 1.165) is 16.8 Å². The highest BCUT2D eigenvalue weighted by Crippen LogP contribution is 2.35. The van der Waals surface area contributed by atoms with Crippen LogP contribution in [0.25, 0.3) is 22.3 Å². The van der Waals surface area contributed by atoms with Gasteiger partial charge < -0.3 is 9.47 Å². The summed E-state index contributed by atoms with van der Waals surface area (Å²) in [5.41, 5.74) is -0.123. The van der Waals surface area contributed by atoms with Crippen LogP contribution in [-0.4, -0.2) is 27.4 Å². The number of hydrogen-bond acceptors (Lipinski definition) is 7. The number of fused-ring (bicyclic) bond motifs is 1. The van der Waals surface area contributed by atoms with Crippen LogP contribution >= 0.6 is 15.9 Å². The van der Waals surface area contributed by atoms with Crippen molar-refractivity contribution in [2.45, 2.75) is 19.7 Å². The molecule has 5 aromatic rings. The fourth-order valence-corrected chi connectivity index (χ4v) is 4.75. The molecule has 0 saturated heterocycles. The molecular formula is C31H22BrF3N4O5. The quantitative estimate of drug-likeness (QED) is 0.0910. The lowest BCUT2D eigenvalue weighted by atomic mass is 10.1. The maximum atomic E-state index is 13.5. The lowest BCUT2D eigenvalue weighted by Gasteiger charge is -2.14. The number of nitro benzene ring substituents is 1. The fraction of sp³-hybridized carbons (Fsp3) is 0.129. The average molecular weight is 667 g/mol. The van der Waals surface area contributed by atoms with E-state index in [9.17, 15) is 28.1 Å². The van der Waals surface area contributed by atoms with Gasteiger partial charge in [0.05, 0.1) is 34.2 Å². The Kier molecular flexibility index (Phi) is 8.76. The molecule has 1 aromatic heterocycles. The second-order valence-electron chi connectivity index (χ2n) is 9.36. The summed E-state index contributed by atoms with van der Waals surface area (Å²) in [4.78, 5) is 28.6. The standard InChI is InChI=1S/C31H22BrF3N4O5/c1-2-43-27-15-21(25(32)16-28(27)44-18-19-7-5-10-23(13-19)39(41)42)17-36-38-29(20-8-6-9-22(14-20)31(33,34)35)37-26-12-4-3-11-24(26)30(38)40/h3-17H,2,18H2,1H3. The number of benzene rings is 4. The van der Waals surface area contributed by atoms with E-state index in [2.05, 4.69) is 26.0 Å². The van der Waals surface area contributed by atoms with Crippen molar-refractivity contribution in [1.82, 2.24) is 9.66 Å². The maximum Gasteiger partial charge on any atom is 0.416 e. The molecule has 0 aliphatic rings. The second-order valence-corrected chi connectivity index (χ2v) is 10.2. The van der Waals surface area contributed by atoms with Gasteiger partial charge in [-0.1, -0.05) is 36.4 Å². The first-order valence-electron chi connectivity index (χ1n) is 13.1. The van der Waals surface area contributed by atoms with E-state index in [0.29, 0.717) is 39.2 Å². The summed E-state index contributed by atoms with van der Waals surface area (Å²) in [6.07, 6.45) is -3.24. The molecule has 44 heavy (non-hydrogen) atoms. The molecule has 0 unspecified atom stereocenters. The Balaban J connectivity index is 1.54. The number of ether oxygens (including phenoxy) is 2. The molecule has 5 rings (SSSR count). The number of rotatable bonds is 9. The van der Waals surface area contributed by atoms with Crippen LogP contribution in [0.1, 0.15) is 23.6 Å². The SMILES string of the molecule is CCOc1cc(C=Nn2c(-c3cccc(C(F)(F)F)c3)nc3ccccc3c2=O)c(Br)cc1OCc1cccc([N+](=O)[O-])c1. The summed E-state index contributed by atoms with van der Waals surface area (Å²) >= 11 is 3.47. The summed E-state index contributed by atoms with van der Waals surface area (Å²) in [6.45, 7) is 2.10. The Labute approximate surface area is 256 Å². The molecular weight excluding hydrogens is 645 g/mol. The summed E-state index contributed by atoms with van der Waals surface area (Å²) in [6, 6.07) is 20.3. The van der Waals surface area contributed by atoms with E-state index in [-0.39, 0.29) is 29.1 Å². The van der Waals surface area contributed by atoms with Gasteiger partial charge in [-0.3, -0.25) is 14.9 Å². The number of halogens is 4. The molecule has 4 aromatic carbocycles. The second kappa shape index (κ2) is 12.7. The van der Waals surface area contributed by atoms with Crippen LogP contribution in [0.3, 0.4) is 0 Å². The molecule has 0 radical (unpaired) electrons. The van der Waals surface area contributed by atoms with E-state index < -0.39 is 22.2 Å². The zero-order chi connectivity index (χ0) is 31.4. The predicted octanol–water partition coefficient (Wildman–Crippen LogP) is 7.61. The Hall–Kier alpha value is -5.04. The van der Waals surface area contributed by atoms with Crippen LogP contribution in [-0.2, 0) is 12.8 Å². The van der Waals surface area contributed by atoms with Gasteiger partial charge in [-0.25, -0.2) is 4.98 Å². The fourth-order valence-electron chi connectivity index (χ4n) is 4.32. The number of nitrogens with zero attached hydrogens (tertiary/aromatic N) is 4. The van der Waals surface area contributed by atoms with Crippen molar-refractivity contribution in [2.24, 2.45) is 5.10 Å². The average Bonchev–Trinajstić information content (AvgIpc) is 3.01.